The molecular formula is C11H22N4O2. The van der Waals surface area contributed by atoms with E-state index >= 15 is 0 Å². The van der Waals surface area contributed by atoms with Gasteiger partial charge in [-0.15, -0.1) is 0 Å². The third kappa shape index (κ3) is 5.65. The van der Waals surface area contributed by atoms with E-state index in [1.54, 1.807) is 0 Å². The lowest BCUT2D eigenvalue weighted by atomic mass is 9.93. The van der Waals surface area contributed by atoms with Crippen molar-refractivity contribution < 1.29 is 9.59 Å². The van der Waals surface area contributed by atoms with Gasteiger partial charge in [-0.3, -0.25) is 14.5 Å². The number of nitrogens with one attached hydrogen (secondary N) is 1. The smallest absolute Gasteiger partial charge is 0.234 e. The number of nitrogens with zero attached hydrogens (tertiary/aromatic N) is 1. The van der Waals surface area contributed by atoms with E-state index in [9.17, 15) is 9.59 Å². The zero-order chi connectivity index (χ0) is 12.7. The number of hydrogen-bond donors (Lipinski definition) is 3. The third-order valence-electron chi connectivity index (χ3n) is 3.03. The van der Waals surface area contributed by atoms with Crippen molar-refractivity contribution in [3.8, 4) is 0 Å². The van der Waals surface area contributed by atoms with Crippen LogP contribution in [0.4, 0.5) is 0 Å². The molecule has 0 radical (unpaired) electrons. The Hall–Kier alpha value is -1.14. The van der Waals surface area contributed by atoms with Crippen molar-refractivity contribution >= 4 is 11.8 Å². The van der Waals surface area contributed by atoms with E-state index in [-0.39, 0.29) is 11.8 Å². The molecule has 1 fully saturated rings. The van der Waals surface area contributed by atoms with Crippen LogP contribution in [0, 0.1) is 5.92 Å². The Bertz CT molecular complexity index is 262. The van der Waals surface area contributed by atoms with Crippen LogP contribution in [0.3, 0.4) is 0 Å². The minimum Gasteiger partial charge on any atom is -0.370 e. The number of nitrogens with two attached hydrogens (primary N) is 2. The molecule has 1 rings (SSSR count). The maximum absolute atomic E-state index is 11.4. The number of amides is 2. The summed E-state index contributed by atoms with van der Waals surface area (Å²) < 4.78 is 0. The highest BCUT2D eigenvalue weighted by molar-refractivity contribution is 5.78. The number of carbonyl (C=O) groups excluding carboxylic acids is 2. The Morgan fingerprint density at radius 3 is 2.47 bits per heavy atom. The van der Waals surface area contributed by atoms with Crippen molar-refractivity contribution in [1.29, 1.82) is 0 Å². The molecule has 0 aromatic rings. The molecule has 0 spiro atoms. The highest BCUT2D eigenvalue weighted by Gasteiger charge is 2.21. The normalized spacial score (nSPS) is 17.9. The summed E-state index contributed by atoms with van der Waals surface area (Å²) in [6.45, 7) is 3.12. The Balaban J connectivity index is 2.18. The van der Waals surface area contributed by atoms with E-state index < -0.39 is 0 Å². The largest absolute Gasteiger partial charge is 0.370 e. The predicted octanol–water partition coefficient (Wildman–Crippen LogP) is -1.35. The highest BCUT2D eigenvalue weighted by Crippen LogP contribution is 2.19. The van der Waals surface area contributed by atoms with Crippen molar-refractivity contribution in [3.63, 3.8) is 0 Å². The minimum atomic E-state index is -0.232. The second kappa shape index (κ2) is 7.24. The lowest BCUT2D eigenvalue weighted by Crippen LogP contribution is -2.42. The monoisotopic (exact) mass is 242 g/mol. The van der Waals surface area contributed by atoms with Crippen molar-refractivity contribution in [1.82, 2.24) is 10.2 Å². The number of hydrogen-bond acceptors (Lipinski definition) is 4. The second-order valence-corrected chi connectivity index (χ2v) is 4.53. The van der Waals surface area contributed by atoms with Gasteiger partial charge in [0.2, 0.25) is 11.8 Å². The lowest BCUT2D eigenvalue weighted by molar-refractivity contribution is -0.123. The molecule has 98 valence electrons. The van der Waals surface area contributed by atoms with Gasteiger partial charge >= 0.3 is 0 Å². The van der Waals surface area contributed by atoms with E-state index in [0.717, 1.165) is 25.9 Å². The first kappa shape index (κ1) is 13.9. The maximum Gasteiger partial charge on any atom is 0.234 e. The first-order valence-electron chi connectivity index (χ1n) is 6.09. The molecule has 17 heavy (non-hydrogen) atoms. The Morgan fingerprint density at radius 2 is 1.94 bits per heavy atom. The van der Waals surface area contributed by atoms with Gasteiger partial charge in [-0.25, -0.2) is 0 Å². The van der Waals surface area contributed by atoms with E-state index in [1.807, 2.05) is 0 Å². The summed E-state index contributed by atoms with van der Waals surface area (Å²) in [6, 6.07) is 0. The third-order valence-corrected chi connectivity index (χ3v) is 3.03. The molecule has 0 atom stereocenters. The zero-order valence-corrected chi connectivity index (χ0v) is 10.2. The molecule has 1 heterocycles. The van der Waals surface area contributed by atoms with Crippen LogP contribution >= 0.6 is 0 Å². The number of primary amides is 1. The van der Waals surface area contributed by atoms with Crippen molar-refractivity contribution in [2.24, 2.45) is 17.4 Å². The summed E-state index contributed by atoms with van der Waals surface area (Å²) in [5, 5.41) is 2.74. The minimum absolute atomic E-state index is 0.0174. The zero-order valence-electron chi connectivity index (χ0n) is 10.2. The van der Waals surface area contributed by atoms with E-state index in [4.69, 9.17) is 11.5 Å². The molecule has 2 amide bonds. The fraction of sp³-hybridized carbons (Fsp3) is 0.818. The Morgan fingerprint density at radius 1 is 1.29 bits per heavy atom. The molecule has 0 bridgehead atoms. The van der Waals surface area contributed by atoms with Crippen LogP contribution in [0.2, 0.25) is 0 Å². The van der Waals surface area contributed by atoms with Gasteiger partial charge in [0.1, 0.15) is 0 Å². The lowest BCUT2D eigenvalue weighted by Gasteiger charge is -2.30. The summed E-state index contributed by atoms with van der Waals surface area (Å²) in [6.07, 6.45) is 2.34. The Labute approximate surface area is 102 Å². The number of carbonyl (C=O) groups is 2. The van der Waals surface area contributed by atoms with Gasteiger partial charge in [-0.2, -0.15) is 0 Å². The van der Waals surface area contributed by atoms with Crippen LogP contribution in [-0.4, -0.2) is 49.4 Å². The summed E-state index contributed by atoms with van der Waals surface area (Å²) in [7, 11) is 0. The molecule has 6 heteroatoms. The SMILES string of the molecule is NCCNC(=O)CN1CCC(CC(N)=O)CC1. The van der Waals surface area contributed by atoms with Crippen LogP contribution < -0.4 is 16.8 Å². The van der Waals surface area contributed by atoms with Crippen molar-refractivity contribution in [2.45, 2.75) is 19.3 Å². The summed E-state index contributed by atoms with van der Waals surface area (Å²) in [4.78, 5) is 24.3. The van der Waals surface area contributed by atoms with Gasteiger partial charge in [0.25, 0.3) is 0 Å². The fourth-order valence-corrected chi connectivity index (χ4v) is 2.10. The second-order valence-electron chi connectivity index (χ2n) is 4.53. The topological polar surface area (TPSA) is 101 Å². The standard InChI is InChI=1S/C11H22N4O2/c12-3-4-14-11(17)8-15-5-1-9(2-6-15)7-10(13)16/h9H,1-8,12H2,(H2,13,16)(H,14,17). The molecule has 1 saturated heterocycles. The molecule has 0 aliphatic carbocycles. The van der Waals surface area contributed by atoms with Gasteiger partial charge in [0.05, 0.1) is 6.54 Å². The van der Waals surface area contributed by atoms with Crippen molar-refractivity contribution in [3.05, 3.63) is 0 Å². The van der Waals surface area contributed by atoms with Gasteiger partial charge in [-0.1, -0.05) is 0 Å². The summed E-state index contributed by atoms with van der Waals surface area (Å²) in [5.74, 6) is 0.170. The first-order chi connectivity index (χ1) is 8.11. The molecule has 0 aromatic heterocycles. The summed E-state index contributed by atoms with van der Waals surface area (Å²) in [5.41, 5.74) is 10.5. The number of piperidine rings is 1. The van der Waals surface area contributed by atoms with E-state index in [2.05, 4.69) is 10.2 Å². The van der Waals surface area contributed by atoms with Crippen LogP contribution in [0.5, 0.6) is 0 Å². The molecule has 6 nitrogen and oxygen atoms in total. The highest BCUT2D eigenvalue weighted by atomic mass is 16.2. The first-order valence-corrected chi connectivity index (χ1v) is 6.09. The molecule has 0 saturated carbocycles. The van der Waals surface area contributed by atoms with Gasteiger partial charge in [0, 0.05) is 19.5 Å². The molecular weight excluding hydrogens is 220 g/mol. The van der Waals surface area contributed by atoms with Crippen LogP contribution in [0.1, 0.15) is 19.3 Å². The molecule has 0 unspecified atom stereocenters. The van der Waals surface area contributed by atoms with E-state index in [1.165, 1.54) is 0 Å². The fourth-order valence-electron chi connectivity index (χ4n) is 2.10. The predicted molar refractivity (Wildman–Crippen MR) is 65.0 cm³/mol. The van der Waals surface area contributed by atoms with Gasteiger partial charge in [0.15, 0.2) is 0 Å². The van der Waals surface area contributed by atoms with Gasteiger partial charge < -0.3 is 16.8 Å². The number of rotatable bonds is 6. The summed E-state index contributed by atoms with van der Waals surface area (Å²) >= 11 is 0. The van der Waals surface area contributed by atoms with Crippen LogP contribution in [0.25, 0.3) is 0 Å². The average Bonchev–Trinajstić information content (AvgIpc) is 2.28. The maximum atomic E-state index is 11.4. The Kier molecular flexibility index (Phi) is 5.93. The van der Waals surface area contributed by atoms with Gasteiger partial charge in [-0.05, 0) is 31.8 Å². The van der Waals surface area contributed by atoms with Crippen molar-refractivity contribution in [2.75, 3.05) is 32.7 Å². The number of likely N-dealkylation sites (tertiary alicyclic amines) is 1. The van der Waals surface area contributed by atoms with E-state index in [0.29, 0.717) is 32.0 Å². The molecule has 5 N–H and O–H groups in total. The van der Waals surface area contributed by atoms with Crippen LogP contribution in [0.15, 0.2) is 0 Å². The van der Waals surface area contributed by atoms with Crippen LogP contribution in [-0.2, 0) is 9.59 Å². The molecule has 1 aliphatic heterocycles. The average molecular weight is 242 g/mol. The quantitative estimate of drug-likeness (QED) is 0.536. The molecule has 0 aromatic carbocycles. The molecule has 1 aliphatic rings.